The molecule has 0 aliphatic rings. The van der Waals surface area contributed by atoms with Crippen molar-refractivity contribution < 1.29 is 13.2 Å². The molecule has 0 aliphatic carbocycles. The molecule has 2 aromatic rings. The average Bonchev–Trinajstić information content (AvgIpc) is 2.59. The van der Waals surface area contributed by atoms with Crippen molar-refractivity contribution in [3.8, 4) is 0 Å². The Kier molecular flexibility index (Phi) is 6.85. The van der Waals surface area contributed by atoms with Gasteiger partial charge in [-0.25, -0.2) is 8.42 Å². The molecule has 0 atom stereocenters. The smallest absolute Gasteiger partial charge is 0.251 e. The van der Waals surface area contributed by atoms with Crippen molar-refractivity contribution in [2.45, 2.75) is 20.4 Å². The Morgan fingerprint density at radius 3 is 2.30 bits per heavy atom. The normalized spacial score (nSPS) is 11.3. The summed E-state index contributed by atoms with van der Waals surface area (Å²) >= 11 is 0. The molecule has 146 valence electrons. The molecule has 0 saturated heterocycles. The molecule has 2 rings (SSSR count). The molecule has 0 aliphatic heterocycles. The number of nitrogens with zero attached hydrogens (tertiary/aromatic N) is 1. The first-order valence-electron chi connectivity index (χ1n) is 8.81. The second kappa shape index (κ2) is 8.90. The first-order chi connectivity index (χ1) is 12.7. The van der Waals surface area contributed by atoms with E-state index in [1.807, 2.05) is 19.2 Å². The Morgan fingerprint density at radius 2 is 1.70 bits per heavy atom. The minimum absolute atomic E-state index is 0.206. The third kappa shape index (κ3) is 6.60. The summed E-state index contributed by atoms with van der Waals surface area (Å²) in [7, 11) is -1.35. The molecule has 27 heavy (non-hydrogen) atoms. The Balaban J connectivity index is 2.02. The Morgan fingerprint density at radius 1 is 1.07 bits per heavy atom. The first-order valence-corrected chi connectivity index (χ1v) is 10.7. The second-order valence-electron chi connectivity index (χ2n) is 7.04. The van der Waals surface area contributed by atoms with Crippen molar-refractivity contribution in [3.63, 3.8) is 0 Å². The number of amides is 1. The van der Waals surface area contributed by atoms with Crippen LogP contribution < -0.4 is 14.9 Å². The van der Waals surface area contributed by atoms with Gasteiger partial charge in [0, 0.05) is 31.4 Å². The minimum atomic E-state index is -3.38. The van der Waals surface area contributed by atoms with E-state index in [0.29, 0.717) is 22.7 Å². The third-order valence-corrected chi connectivity index (χ3v) is 4.55. The second-order valence-corrected chi connectivity index (χ2v) is 8.78. The fourth-order valence-electron chi connectivity index (χ4n) is 2.77. The summed E-state index contributed by atoms with van der Waals surface area (Å²) in [6, 6.07) is 14.4. The monoisotopic (exact) mass is 389 g/mol. The van der Waals surface area contributed by atoms with Gasteiger partial charge >= 0.3 is 0 Å². The molecule has 7 heteroatoms. The zero-order chi connectivity index (χ0) is 20.0. The minimum Gasteiger partial charge on any atom is -0.374 e. The third-order valence-electron chi connectivity index (χ3n) is 3.96. The van der Waals surface area contributed by atoms with Gasteiger partial charge in [-0.1, -0.05) is 32.0 Å². The van der Waals surface area contributed by atoms with Gasteiger partial charge in [0.1, 0.15) is 0 Å². The maximum Gasteiger partial charge on any atom is 0.251 e. The summed E-state index contributed by atoms with van der Waals surface area (Å²) < 4.78 is 25.4. The maximum absolute atomic E-state index is 12.4. The summed E-state index contributed by atoms with van der Waals surface area (Å²) in [5.74, 6) is 0.348. The molecular formula is C20H27N3O3S. The number of anilines is 2. The van der Waals surface area contributed by atoms with Gasteiger partial charge in [-0.2, -0.15) is 0 Å². The molecule has 0 aromatic heterocycles. The number of hydrogen-bond acceptors (Lipinski definition) is 4. The van der Waals surface area contributed by atoms with E-state index in [0.717, 1.165) is 18.5 Å². The highest BCUT2D eigenvalue weighted by Crippen LogP contribution is 2.17. The predicted molar refractivity (Wildman–Crippen MR) is 111 cm³/mol. The Labute approximate surface area is 161 Å². The van der Waals surface area contributed by atoms with Gasteiger partial charge in [-0.3, -0.25) is 9.52 Å². The van der Waals surface area contributed by atoms with Crippen LogP contribution in [0, 0.1) is 5.92 Å². The summed E-state index contributed by atoms with van der Waals surface area (Å²) in [5.41, 5.74) is 2.78. The molecule has 0 bridgehead atoms. The van der Waals surface area contributed by atoms with Gasteiger partial charge in [-0.15, -0.1) is 0 Å². The Bertz CT molecular complexity index is 878. The van der Waals surface area contributed by atoms with Crippen LogP contribution in [0.25, 0.3) is 0 Å². The largest absolute Gasteiger partial charge is 0.374 e. The van der Waals surface area contributed by atoms with E-state index >= 15 is 0 Å². The standard InChI is InChI=1S/C20H27N3O3S/c1-15(2)14-23(3)18-11-9-16(10-12-18)20(24)21-13-17-7-5-6-8-19(17)22-27(4,25)26/h5-12,15,22H,13-14H2,1-4H3,(H,21,24). The number of rotatable bonds is 8. The number of nitrogens with one attached hydrogen (secondary N) is 2. The van der Waals surface area contributed by atoms with E-state index in [9.17, 15) is 13.2 Å². The summed E-state index contributed by atoms with van der Waals surface area (Å²) in [6.07, 6.45) is 1.10. The highest BCUT2D eigenvalue weighted by Gasteiger charge is 2.10. The van der Waals surface area contributed by atoms with Gasteiger partial charge in [-0.05, 0) is 41.8 Å². The number of benzene rings is 2. The number of carbonyl (C=O) groups excluding carboxylic acids is 1. The van der Waals surface area contributed by atoms with Crippen LogP contribution in [-0.4, -0.2) is 34.2 Å². The van der Waals surface area contributed by atoms with Crippen molar-refractivity contribution in [1.82, 2.24) is 5.32 Å². The van der Waals surface area contributed by atoms with Gasteiger partial charge < -0.3 is 10.2 Å². The van der Waals surface area contributed by atoms with E-state index in [1.54, 1.807) is 36.4 Å². The van der Waals surface area contributed by atoms with Crippen LogP contribution in [0.15, 0.2) is 48.5 Å². The maximum atomic E-state index is 12.4. The zero-order valence-corrected chi connectivity index (χ0v) is 17.0. The lowest BCUT2D eigenvalue weighted by Gasteiger charge is -2.21. The first kappa shape index (κ1) is 20.8. The van der Waals surface area contributed by atoms with Crippen molar-refractivity contribution >= 4 is 27.3 Å². The van der Waals surface area contributed by atoms with Gasteiger partial charge in [0.15, 0.2) is 0 Å². The Hall–Kier alpha value is -2.54. The predicted octanol–water partition coefficient (Wildman–Crippen LogP) is 3.08. The molecule has 0 fully saturated rings. The number of hydrogen-bond donors (Lipinski definition) is 2. The molecule has 6 nitrogen and oxygen atoms in total. The van der Waals surface area contributed by atoms with E-state index < -0.39 is 10.0 Å². The number of sulfonamides is 1. The zero-order valence-electron chi connectivity index (χ0n) is 16.2. The van der Waals surface area contributed by atoms with Crippen LogP contribution in [0.5, 0.6) is 0 Å². The van der Waals surface area contributed by atoms with Crippen LogP contribution in [0.4, 0.5) is 11.4 Å². The van der Waals surface area contributed by atoms with Crippen LogP contribution in [0.2, 0.25) is 0 Å². The topological polar surface area (TPSA) is 78.5 Å². The van der Waals surface area contributed by atoms with Gasteiger partial charge in [0.05, 0.1) is 11.9 Å². The van der Waals surface area contributed by atoms with E-state index in [2.05, 4.69) is 28.8 Å². The highest BCUT2D eigenvalue weighted by atomic mass is 32.2. The highest BCUT2D eigenvalue weighted by molar-refractivity contribution is 7.92. The summed E-state index contributed by atoms with van der Waals surface area (Å²) in [4.78, 5) is 14.6. The van der Waals surface area contributed by atoms with Crippen molar-refractivity contribution in [2.75, 3.05) is 29.5 Å². The van der Waals surface area contributed by atoms with Crippen LogP contribution in [0.1, 0.15) is 29.8 Å². The molecule has 2 N–H and O–H groups in total. The van der Waals surface area contributed by atoms with Gasteiger partial charge in [0.2, 0.25) is 10.0 Å². The molecule has 0 radical (unpaired) electrons. The molecule has 0 saturated carbocycles. The fraction of sp³-hybridized carbons (Fsp3) is 0.350. The van der Waals surface area contributed by atoms with E-state index in [4.69, 9.17) is 0 Å². The van der Waals surface area contributed by atoms with Crippen LogP contribution >= 0.6 is 0 Å². The fourth-order valence-corrected chi connectivity index (χ4v) is 3.37. The van der Waals surface area contributed by atoms with Crippen molar-refractivity contribution in [1.29, 1.82) is 0 Å². The summed E-state index contributed by atoms with van der Waals surface area (Å²) in [6.45, 7) is 5.49. The van der Waals surface area contributed by atoms with Crippen molar-refractivity contribution in [2.24, 2.45) is 5.92 Å². The molecule has 0 unspecified atom stereocenters. The molecule has 2 aromatic carbocycles. The number of carbonyl (C=O) groups is 1. The summed E-state index contributed by atoms with van der Waals surface area (Å²) in [5, 5.41) is 2.83. The van der Waals surface area contributed by atoms with E-state index in [1.165, 1.54) is 0 Å². The lowest BCUT2D eigenvalue weighted by atomic mass is 10.1. The quantitative estimate of drug-likeness (QED) is 0.727. The van der Waals surface area contributed by atoms with Crippen LogP contribution in [0.3, 0.4) is 0 Å². The lowest BCUT2D eigenvalue weighted by molar-refractivity contribution is 0.0951. The van der Waals surface area contributed by atoms with Crippen molar-refractivity contribution in [3.05, 3.63) is 59.7 Å². The molecule has 1 amide bonds. The molecular weight excluding hydrogens is 362 g/mol. The SMILES string of the molecule is CC(C)CN(C)c1ccc(C(=O)NCc2ccccc2NS(C)(=O)=O)cc1. The van der Waals surface area contributed by atoms with Crippen LogP contribution in [-0.2, 0) is 16.6 Å². The average molecular weight is 390 g/mol. The van der Waals surface area contributed by atoms with Gasteiger partial charge in [0.25, 0.3) is 5.91 Å². The lowest BCUT2D eigenvalue weighted by Crippen LogP contribution is -2.24. The molecule has 0 spiro atoms. The molecule has 0 heterocycles. The van der Waals surface area contributed by atoms with E-state index in [-0.39, 0.29) is 12.5 Å². The number of para-hydroxylation sites is 1.